The number of nitrogens with zero attached hydrogens (tertiary/aromatic N) is 3. The second kappa shape index (κ2) is 9.66. The highest BCUT2D eigenvalue weighted by atomic mass is 19.1. The van der Waals surface area contributed by atoms with Crippen LogP contribution < -0.4 is 10.1 Å². The Hall–Kier alpha value is -3.69. The maximum atomic E-state index is 15.1. The molecule has 1 aliphatic heterocycles. The van der Waals surface area contributed by atoms with Gasteiger partial charge >= 0.3 is 12.1 Å². The number of aromatic nitrogens is 3. The number of nitrogens with one attached hydrogen (secondary N) is 1. The topological polar surface area (TPSA) is 115 Å². The number of hydrogen-bond donors (Lipinski definition) is 2. The molecule has 4 rings (SSSR count). The minimum absolute atomic E-state index is 0.196. The van der Waals surface area contributed by atoms with Crippen LogP contribution in [0.3, 0.4) is 0 Å². The second-order valence-corrected chi connectivity index (χ2v) is 8.30. The van der Waals surface area contributed by atoms with Crippen molar-refractivity contribution in [1.29, 1.82) is 0 Å². The van der Waals surface area contributed by atoms with Gasteiger partial charge < -0.3 is 14.6 Å². The third-order valence-electron chi connectivity index (χ3n) is 5.89. The van der Waals surface area contributed by atoms with Crippen LogP contribution in [0.2, 0.25) is 0 Å². The van der Waals surface area contributed by atoms with Crippen LogP contribution in [0, 0.1) is 19.7 Å². The molecule has 1 aromatic carbocycles. The third-order valence-corrected chi connectivity index (χ3v) is 5.89. The number of halogens is 1. The fourth-order valence-electron chi connectivity index (χ4n) is 4.21. The lowest BCUT2D eigenvalue weighted by Crippen LogP contribution is -2.15. The standard InChI is InChI=1S/C24H27FN4O5/c1-4-5-8-34-24(32)27-19-12-20-26-14(3)17(11-21(30)31)22(29(20)28-19)16-10-18(25)23-15(13(16)2)7-6-9-33-23/h10,12H,4-9,11H2,1-3H3,(H,30,31)(H,27,28,32). The van der Waals surface area contributed by atoms with Gasteiger partial charge in [-0.1, -0.05) is 13.3 Å². The van der Waals surface area contributed by atoms with Gasteiger partial charge in [-0.25, -0.2) is 18.7 Å². The zero-order chi connectivity index (χ0) is 24.4. The van der Waals surface area contributed by atoms with Crippen LogP contribution >= 0.6 is 0 Å². The largest absolute Gasteiger partial charge is 0.490 e. The van der Waals surface area contributed by atoms with E-state index in [9.17, 15) is 14.7 Å². The summed E-state index contributed by atoms with van der Waals surface area (Å²) in [6, 6.07) is 2.92. The van der Waals surface area contributed by atoms with E-state index in [1.807, 2.05) is 13.8 Å². The highest BCUT2D eigenvalue weighted by Crippen LogP contribution is 2.39. The van der Waals surface area contributed by atoms with Gasteiger partial charge in [0.05, 0.1) is 25.3 Å². The molecule has 0 saturated carbocycles. The van der Waals surface area contributed by atoms with Crippen molar-refractivity contribution in [2.75, 3.05) is 18.5 Å². The summed E-state index contributed by atoms with van der Waals surface area (Å²) >= 11 is 0. The fourth-order valence-corrected chi connectivity index (χ4v) is 4.21. The van der Waals surface area contributed by atoms with E-state index in [0.29, 0.717) is 41.2 Å². The molecule has 3 heterocycles. The fraction of sp³-hybridized carbons (Fsp3) is 0.417. The van der Waals surface area contributed by atoms with Crippen LogP contribution in [0.5, 0.6) is 5.75 Å². The number of amides is 1. The van der Waals surface area contributed by atoms with Crippen LogP contribution in [0.4, 0.5) is 15.0 Å². The lowest BCUT2D eigenvalue weighted by Gasteiger charge is -2.23. The van der Waals surface area contributed by atoms with Crippen molar-refractivity contribution in [2.24, 2.45) is 0 Å². The minimum atomic E-state index is -1.05. The SMILES string of the molecule is CCCCOC(=O)Nc1cc2nc(C)c(CC(=O)O)c(-c3cc(F)c4c(c3C)CCCO4)n2n1. The number of carboxylic acid groups (broad SMARTS) is 1. The molecule has 180 valence electrons. The summed E-state index contributed by atoms with van der Waals surface area (Å²) in [4.78, 5) is 28.3. The summed E-state index contributed by atoms with van der Waals surface area (Å²) in [6.45, 7) is 6.30. The zero-order valence-electron chi connectivity index (χ0n) is 19.4. The Labute approximate surface area is 195 Å². The maximum absolute atomic E-state index is 15.1. The van der Waals surface area contributed by atoms with Crippen molar-refractivity contribution < 1.29 is 28.6 Å². The number of aryl methyl sites for hydroxylation is 1. The monoisotopic (exact) mass is 470 g/mol. The van der Waals surface area contributed by atoms with Crippen molar-refractivity contribution in [3.8, 4) is 17.0 Å². The van der Waals surface area contributed by atoms with Crippen LogP contribution in [-0.4, -0.2) is 45.0 Å². The number of anilines is 1. The Balaban J connectivity index is 1.87. The number of carbonyl (C=O) groups excluding carboxylic acids is 1. The molecule has 1 aliphatic rings. The maximum Gasteiger partial charge on any atom is 0.412 e. The summed E-state index contributed by atoms with van der Waals surface area (Å²) in [5, 5.41) is 16.6. The van der Waals surface area contributed by atoms with E-state index in [-0.39, 0.29) is 24.6 Å². The molecule has 0 fully saturated rings. The van der Waals surface area contributed by atoms with Gasteiger partial charge in [0.2, 0.25) is 0 Å². The van der Waals surface area contributed by atoms with Gasteiger partial charge in [-0.2, -0.15) is 0 Å². The molecule has 0 atom stereocenters. The number of unbranched alkanes of at least 4 members (excludes halogenated alkanes) is 1. The number of ether oxygens (including phenoxy) is 2. The average molecular weight is 471 g/mol. The van der Waals surface area contributed by atoms with Crippen molar-refractivity contribution >= 4 is 23.5 Å². The van der Waals surface area contributed by atoms with Crippen LogP contribution in [0.15, 0.2) is 12.1 Å². The number of fused-ring (bicyclic) bond motifs is 2. The minimum Gasteiger partial charge on any atom is -0.490 e. The van der Waals surface area contributed by atoms with E-state index in [0.717, 1.165) is 30.4 Å². The molecule has 9 nitrogen and oxygen atoms in total. The molecule has 0 bridgehead atoms. The van der Waals surface area contributed by atoms with E-state index >= 15 is 4.39 Å². The number of rotatable bonds is 7. The van der Waals surface area contributed by atoms with Gasteiger partial charge in [-0.3, -0.25) is 10.1 Å². The van der Waals surface area contributed by atoms with Crippen molar-refractivity contribution in [1.82, 2.24) is 14.6 Å². The van der Waals surface area contributed by atoms with E-state index in [1.165, 1.54) is 10.6 Å². The lowest BCUT2D eigenvalue weighted by atomic mass is 9.91. The van der Waals surface area contributed by atoms with Crippen LogP contribution in [0.25, 0.3) is 16.9 Å². The number of carboxylic acids is 1. The molecule has 34 heavy (non-hydrogen) atoms. The molecule has 10 heteroatoms. The van der Waals surface area contributed by atoms with Crippen LogP contribution in [0.1, 0.15) is 48.6 Å². The van der Waals surface area contributed by atoms with E-state index in [1.54, 1.807) is 13.0 Å². The molecular weight excluding hydrogens is 443 g/mol. The molecule has 0 aliphatic carbocycles. The summed E-state index contributed by atoms with van der Waals surface area (Å²) in [5.41, 5.74) is 3.76. The summed E-state index contributed by atoms with van der Waals surface area (Å²) < 4.78 is 27.2. The van der Waals surface area contributed by atoms with E-state index < -0.39 is 17.9 Å². The molecule has 0 saturated heterocycles. The molecular formula is C24H27FN4O5. The normalized spacial score (nSPS) is 12.8. The summed E-state index contributed by atoms with van der Waals surface area (Å²) in [6.07, 6.45) is 2.09. The highest BCUT2D eigenvalue weighted by molar-refractivity contribution is 5.85. The number of hydrogen-bond acceptors (Lipinski definition) is 6. The Morgan fingerprint density at radius 1 is 1.32 bits per heavy atom. The van der Waals surface area contributed by atoms with Crippen molar-refractivity contribution in [3.63, 3.8) is 0 Å². The van der Waals surface area contributed by atoms with Gasteiger partial charge in [0.25, 0.3) is 0 Å². The summed E-state index contributed by atoms with van der Waals surface area (Å²) in [7, 11) is 0. The Morgan fingerprint density at radius 2 is 2.12 bits per heavy atom. The molecule has 1 amide bonds. The van der Waals surface area contributed by atoms with Gasteiger partial charge in [0.1, 0.15) is 0 Å². The highest BCUT2D eigenvalue weighted by Gasteiger charge is 2.26. The molecule has 2 N–H and O–H groups in total. The number of carbonyl (C=O) groups is 2. The Bertz CT molecular complexity index is 1270. The van der Waals surface area contributed by atoms with Gasteiger partial charge in [0.15, 0.2) is 23.0 Å². The van der Waals surface area contributed by atoms with Crippen molar-refractivity contribution in [2.45, 2.75) is 52.9 Å². The van der Waals surface area contributed by atoms with Gasteiger partial charge in [-0.05, 0) is 44.7 Å². The Morgan fingerprint density at radius 3 is 2.85 bits per heavy atom. The molecule has 0 unspecified atom stereocenters. The Kier molecular flexibility index (Phi) is 6.67. The molecule has 0 spiro atoms. The van der Waals surface area contributed by atoms with E-state index in [2.05, 4.69) is 15.4 Å². The summed E-state index contributed by atoms with van der Waals surface area (Å²) in [5.74, 6) is -1.12. The average Bonchev–Trinajstić information content (AvgIpc) is 3.18. The van der Waals surface area contributed by atoms with Gasteiger partial charge in [0, 0.05) is 28.5 Å². The number of benzene rings is 1. The molecule has 3 aromatic rings. The second-order valence-electron chi connectivity index (χ2n) is 8.30. The first-order valence-corrected chi connectivity index (χ1v) is 11.3. The van der Waals surface area contributed by atoms with Crippen molar-refractivity contribution in [3.05, 3.63) is 40.3 Å². The van der Waals surface area contributed by atoms with E-state index in [4.69, 9.17) is 9.47 Å². The molecule has 0 radical (unpaired) electrons. The predicted molar refractivity (Wildman–Crippen MR) is 123 cm³/mol. The predicted octanol–water partition coefficient (Wildman–Crippen LogP) is 4.45. The quantitative estimate of drug-likeness (QED) is 0.490. The zero-order valence-corrected chi connectivity index (χ0v) is 19.4. The lowest BCUT2D eigenvalue weighted by molar-refractivity contribution is -0.136. The molecule has 2 aromatic heterocycles. The first-order valence-electron chi connectivity index (χ1n) is 11.3. The van der Waals surface area contributed by atoms with Crippen LogP contribution in [-0.2, 0) is 22.4 Å². The third kappa shape index (κ3) is 4.52. The first kappa shape index (κ1) is 23.5. The first-order chi connectivity index (χ1) is 16.3. The smallest absolute Gasteiger partial charge is 0.412 e. The number of aliphatic carboxylic acids is 1. The van der Waals surface area contributed by atoms with Gasteiger partial charge in [-0.15, -0.1) is 5.10 Å².